The summed E-state index contributed by atoms with van der Waals surface area (Å²) in [6, 6.07) is 11.3. The van der Waals surface area contributed by atoms with E-state index in [9.17, 15) is 22.8 Å². The second kappa shape index (κ2) is 9.24. The molecule has 0 N–H and O–H groups in total. The highest BCUT2D eigenvalue weighted by Crippen LogP contribution is 2.29. The molecule has 0 saturated carbocycles. The number of benzene rings is 2. The van der Waals surface area contributed by atoms with E-state index in [2.05, 4.69) is 9.97 Å². The monoisotopic (exact) mass is 485 g/mol. The van der Waals surface area contributed by atoms with Gasteiger partial charge in [0.2, 0.25) is 0 Å². The zero-order valence-corrected chi connectivity index (χ0v) is 19.2. The van der Waals surface area contributed by atoms with Crippen LogP contribution in [0.3, 0.4) is 0 Å². The lowest BCUT2D eigenvalue weighted by molar-refractivity contribution is -0.137. The van der Waals surface area contributed by atoms with Gasteiger partial charge in [-0.3, -0.25) is 4.57 Å². The molecule has 0 fully saturated rings. The van der Waals surface area contributed by atoms with Crippen LogP contribution in [0.1, 0.15) is 11.1 Å². The number of likely N-dealkylation sites (N-methyl/N-ethyl adjacent to an activating group) is 1. The van der Waals surface area contributed by atoms with Crippen LogP contribution in [0.4, 0.5) is 18.0 Å². The van der Waals surface area contributed by atoms with E-state index < -0.39 is 23.5 Å². The number of halogens is 3. The van der Waals surface area contributed by atoms with Crippen molar-refractivity contribution >= 4 is 17.2 Å². The van der Waals surface area contributed by atoms with Gasteiger partial charge in [0.1, 0.15) is 11.3 Å². The maximum absolute atomic E-state index is 13.1. The number of nitrogens with zero attached hydrogens (tertiary/aromatic N) is 5. The number of carbonyl (C=O) groups excluding carboxylic acids is 1. The largest absolute Gasteiger partial charge is 0.497 e. The summed E-state index contributed by atoms with van der Waals surface area (Å²) in [4.78, 5) is 36.1. The number of fused-ring (bicyclic) bond motifs is 1. The lowest BCUT2D eigenvalue weighted by Crippen LogP contribution is -2.38. The van der Waals surface area contributed by atoms with Crippen LogP contribution in [0.15, 0.2) is 59.5 Å². The van der Waals surface area contributed by atoms with E-state index in [0.29, 0.717) is 29.1 Å². The average molecular weight is 485 g/mol. The number of carbonyl (C=O) groups is 1. The molecule has 0 unspecified atom stereocenters. The third-order valence-electron chi connectivity index (χ3n) is 5.65. The van der Waals surface area contributed by atoms with Crippen molar-refractivity contribution < 1.29 is 22.7 Å². The summed E-state index contributed by atoms with van der Waals surface area (Å²) >= 11 is 0. The van der Waals surface area contributed by atoms with E-state index in [1.807, 2.05) is 0 Å². The first-order chi connectivity index (χ1) is 16.6. The Hall–Kier alpha value is -4.15. The first-order valence-electron chi connectivity index (χ1n) is 10.6. The summed E-state index contributed by atoms with van der Waals surface area (Å²) in [6.45, 7) is 0.190. The number of hydrogen-bond acceptors (Lipinski definition) is 5. The normalized spacial score (nSPS) is 11.6. The van der Waals surface area contributed by atoms with Gasteiger partial charge in [-0.05, 0) is 36.2 Å². The molecular weight excluding hydrogens is 463 g/mol. The molecule has 4 rings (SSSR count). The Morgan fingerprint density at radius 2 is 1.86 bits per heavy atom. The topological polar surface area (TPSA) is 82.2 Å². The lowest BCUT2D eigenvalue weighted by atomic mass is 10.1. The Labute approximate surface area is 198 Å². The quantitative estimate of drug-likeness (QED) is 0.427. The maximum Gasteiger partial charge on any atom is 0.416 e. The molecule has 8 nitrogen and oxygen atoms in total. The van der Waals surface area contributed by atoms with Crippen LogP contribution in [-0.2, 0) is 19.6 Å². The van der Waals surface area contributed by atoms with E-state index in [4.69, 9.17) is 4.74 Å². The van der Waals surface area contributed by atoms with Crippen molar-refractivity contribution in [1.29, 1.82) is 0 Å². The van der Waals surface area contributed by atoms with Gasteiger partial charge in [-0.2, -0.15) is 13.2 Å². The molecule has 4 aromatic rings. The third kappa shape index (κ3) is 4.75. The average Bonchev–Trinajstić information content (AvgIpc) is 3.11. The first-order valence-corrected chi connectivity index (χ1v) is 10.6. The Bertz CT molecular complexity index is 1440. The summed E-state index contributed by atoms with van der Waals surface area (Å²) in [7, 11) is 4.58. The molecule has 11 heteroatoms. The first kappa shape index (κ1) is 24.0. The maximum atomic E-state index is 13.1. The Balaban J connectivity index is 1.57. The fourth-order valence-corrected chi connectivity index (χ4v) is 3.62. The van der Waals surface area contributed by atoms with Gasteiger partial charge in [0, 0.05) is 26.2 Å². The fraction of sp³-hybridized carbons (Fsp3) is 0.250. The Morgan fingerprint density at radius 3 is 2.51 bits per heavy atom. The van der Waals surface area contributed by atoms with Gasteiger partial charge in [0.25, 0.3) is 0 Å². The number of ether oxygens (including phenoxy) is 1. The molecule has 0 aliphatic heterocycles. The number of hydrogen-bond donors (Lipinski definition) is 0. The molecule has 2 aromatic heterocycles. The van der Waals surface area contributed by atoms with Gasteiger partial charge in [-0.15, -0.1) is 0 Å². The predicted octanol–water partition coefficient (Wildman–Crippen LogP) is 3.97. The smallest absolute Gasteiger partial charge is 0.416 e. The Morgan fingerprint density at radius 1 is 1.14 bits per heavy atom. The van der Waals surface area contributed by atoms with E-state index in [-0.39, 0.29) is 17.7 Å². The minimum Gasteiger partial charge on any atom is -0.497 e. The molecule has 0 aliphatic rings. The molecule has 1 amide bonds. The lowest BCUT2D eigenvalue weighted by Gasteiger charge is -2.17. The zero-order chi connectivity index (χ0) is 25.3. The molecule has 0 radical (unpaired) electrons. The summed E-state index contributed by atoms with van der Waals surface area (Å²) in [6.07, 6.45) is -2.67. The SMILES string of the molecule is COc1cccc(-c2ncc3c(n2)n(C)c(=O)n3C(=O)N(C)CCc2ccc(C(F)(F)F)cc2)c1. The van der Waals surface area contributed by atoms with Crippen molar-refractivity contribution in [2.75, 3.05) is 20.7 Å². The molecule has 35 heavy (non-hydrogen) atoms. The van der Waals surface area contributed by atoms with E-state index in [0.717, 1.165) is 16.7 Å². The van der Waals surface area contributed by atoms with Crippen LogP contribution in [0.5, 0.6) is 5.75 Å². The standard InChI is InChI=1S/C24H22F3N5O3/c1-30(12-11-15-7-9-17(10-8-15)24(25,26)27)22(33)32-19-14-28-20(29-21(19)31(2)23(32)34)16-5-4-6-18(13-16)35-3/h4-10,13-14H,11-12H2,1-3H3. The highest BCUT2D eigenvalue weighted by atomic mass is 19.4. The number of alkyl halides is 3. The van der Waals surface area contributed by atoms with Gasteiger partial charge in [-0.1, -0.05) is 24.3 Å². The third-order valence-corrected chi connectivity index (χ3v) is 5.65. The fourth-order valence-electron chi connectivity index (χ4n) is 3.62. The van der Waals surface area contributed by atoms with Crippen LogP contribution >= 0.6 is 0 Å². The summed E-state index contributed by atoms with van der Waals surface area (Å²) < 4.78 is 45.7. The van der Waals surface area contributed by atoms with Gasteiger partial charge in [-0.25, -0.2) is 24.1 Å². The zero-order valence-electron chi connectivity index (χ0n) is 19.2. The van der Waals surface area contributed by atoms with Crippen molar-refractivity contribution in [2.24, 2.45) is 7.05 Å². The Kier molecular flexibility index (Phi) is 6.33. The number of rotatable bonds is 5. The van der Waals surface area contributed by atoms with Crippen molar-refractivity contribution in [3.63, 3.8) is 0 Å². The van der Waals surface area contributed by atoms with Crippen LogP contribution in [0.2, 0.25) is 0 Å². The molecule has 2 heterocycles. The second-order valence-electron chi connectivity index (χ2n) is 7.96. The second-order valence-corrected chi connectivity index (χ2v) is 7.96. The van der Waals surface area contributed by atoms with Crippen molar-refractivity contribution in [1.82, 2.24) is 24.0 Å². The highest BCUT2D eigenvalue weighted by Gasteiger charge is 2.30. The number of aryl methyl sites for hydroxylation is 1. The van der Waals surface area contributed by atoms with Gasteiger partial charge in [0.05, 0.1) is 18.9 Å². The van der Waals surface area contributed by atoms with E-state index >= 15 is 0 Å². The molecule has 0 spiro atoms. The van der Waals surface area contributed by atoms with Gasteiger partial charge in [0.15, 0.2) is 11.5 Å². The molecule has 0 aliphatic carbocycles. The van der Waals surface area contributed by atoms with Crippen LogP contribution in [0, 0.1) is 0 Å². The van der Waals surface area contributed by atoms with Crippen LogP contribution in [0.25, 0.3) is 22.6 Å². The minimum absolute atomic E-state index is 0.190. The van der Waals surface area contributed by atoms with Gasteiger partial charge < -0.3 is 9.64 Å². The highest BCUT2D eigenvalue weighted by molar-refractivity contribution is 5.88. The molecule has 182 valence electrons. The van der Waals surface area contributed by atoms with Crippen LogP contribution < -0.4 is 10.4 Å². The van der Waals surface area contributed by atoms with Crippen molar-refractivity contribution in [3.8, 4) is 17.1 Å². The summed E-state index contributed by atoms with van der Waals surface area (Å²) in [5, 5.41) is 0. The van der Waals surface area contributed by atoms with E-state index in [1.54, 1.807) is 31.4 Å². The van der Waals surface area contributed by atoms with Crippen molar-refractivity contribution in [3.05, 3.63) is 76.3 Å². The number of aromatic nitrogens is 4. The van der Waals surface area contributed by atoms with E-state index in [1.165, 1.54) is 41.9 Å². The molecule has 0 saturated heterocycles. The number of imidazole rings is 1. The summed E-state index contributed by atoms with van der Waals surface area (Å²) in [5.41, 5.74) is 0.535. The predicted molar refractivity (Wildman–Crippen MR) is 123 cm³/mol. The number of amides is 1. The van der Waals surface area contributed by atoms with Crippen LogP contribution in [-0.4, -0.2) is 50.7 Å². The number of methoxy groups -OCH3 is 1. The molecular formula is C24H22F3N5O3. The minimum atomic E-state index is -4.41. The molecule has 2 aromatic carbocycles. The van der Waals surface area contributed by atoms with Crippen molar-refractivity contribution in [2.45, 2.75) is 12.6 Å². The van der Waals surface area contributed by atoms with Gasteiger partial charge >= 0.3 is 17.9 Å². The summed E-state index contributed by atoms with van der Waals surface area (Å²) in [5.74, 6) is 0.995. The molecule has 0 atom stereocenters. The molecule has 0 bridgehead atoms.